The molecule has 1 aliphatic heterocycles. The van der Waals surface area contributed by atoms with Crippen LogP contribution in [-0.2, 0) is 20.8 Å². The van der Waals surface area contributed by atoms with Gasteiger partial charge in [0.25, 0.3) is 0 Å². The predicted molar refractivity (Wildman–Crippen MR) is 150 cm³/mol. The van der Waals surface area contributed by atoms with Crippen LogP contribution in [0.15, 0.2) is 60.8 Å². The Morgan fingerprint density at radius 3 is 2.47 bits per heavy atom. The summed E-state index contributed by atoms with van der Waals surface area (Å²) in [4.78, 5) is 19.9. The molecule has 3 atom stereocenters. The van der Waals surface area contributed by atoms with Crippen LogP contribution in [0.3, 0.4) is 0 Å². The highest BCUT2D eigenvalue weighted by Crippen LogP contribution is 2.41. The maximum Gasteiger partial charge on any atom is 0.412 e. The first kappa shape index (κ1) is 28.3. The molecule has 2 heterocycles. The van der Waals surface area contributed by atoms with Gasteiger partial charge < -0.3 is 14.2 Å². The third kappa shape index (κ3) is 7.67. The Bertz CT molecular complexity index is 1040. The number of carbonyl (C=O) groups is 1. The van der Waals surface area contributed by atoms with E-state index in [9.17, 15) is 4.79 Å². The van der Waals surface area contributed by atoms with Gasteiger partial charge in [0.15, 0.2) is 0 Å². The molecule has 1 aliphatic carbocycles. The maximum absolute atomic E-state index is 13.6. The SMILES string of the molecule is CC(C)(C)OC(=O)N1[C@@H](CC2CCCCC2)[C@H]([C@H](C=Cc2ccccn2)OCc2ccccc2)OC1(C)C. The average Bonchev–Trinajstić information content (AvgIpc) is 3.14. The minimum absolute atomic E-state index is 0.169. The Kier molecular flexibility index (Phi) is 9.27. The predicted octanol–water partition coefficient (Wildman–Crippen LogP) is 7.39. The van der Waals surface area contributed by atoms with E-state index in [2.05, 4.69) is 17.1 Å². The summed E-state index contributed by atoms with van der Waals surface area (Å²) in [6, 6.07) is 15.8. The van der Waals surface area contributed by atoms with Crippen molar-refractivity contribution in [1.29, 1.82) is 0 Å². The Morgan fingerprint density at radius 1 is 1.11 bits per heavy atom. The number of hydrogen-bond acceptors (Lipinski definition) is 5. The molecule has 2 aromatic rings. The summed E-state index contributed by atoms with van der Waals surface area (Å²) in [5.41, 5.74) is 0.516. The highest BCUT2D eigenvalue weighted by Gasteiger charge is 2.53. The van der Waals surface area contributed by atoms with Crippen molar-refractivity contribution < 1.29 is 19.0 Å². The lowest BCUT2D eigenvalue weighted by Gasteiger charge is -2.37. The lowest BCUT2D eigenvalue weighted by molar-refractivity contribution is -0.108. The summed E-state index contributed by atoms with van der Waals surface area (Å²) in [7, 11) is 0. The van der Waals surface area contributed by atoms with Crippen molar-refractivity contribution >= 4 is 12.2 Å². The second-order valence-corrected chi connectivity index (χ2v) is 12.1. The van der Waals surface area contributed by atoms with E-state index in [-0.39, 0.29) is 24.3 Å². The topological polar surface area (TPSA) is 60.9 Å². The molecule has 0 N–H and O–H groups in total. The van der Waals surface area contributed by atoms with Gasteiger partial charge in [-0.2, -0.15) is 0 Å². The number of benzene rings is 1. The van der Waals surface area contributed by atoms with Gasteiger partial charge in [-0.05, 0) is 70.7 Å². The van der Waals surface area contributed by atoms with Crippen molar-refractivity contribution in [3.63, 3.8) is 0 Å². The Labute approximate surface area is 228 Å². The maximum atomic E-state index is 13.6. The van der Waals surface area contributed by atoms with Gasteiger partial charge in [-0.25, -0.2) is 4.79 Å². The highest BCUT2D eigenvalue weighted by molar-refractivity contribution is 5.70. The smallest absolute Gasteiger partial charge is 0.412 e. The van der Waals surface area contributed by atoms with Crippen LogP contribution in [0.4, 0.5) is 4.79 Å². The van der Waals surface area contributed by atoms with Crippen molar-refractivity contribution in [2.24, 2.45) is 5.92 Å². The van der Waals surface area contributed by atoms with Crippen LogP contribution in [0.2, 0.25) is 0 Å². The van der Waals surface area contributed by atoms with Gasteiger partial charge in [0.05, 0.1) is 18.3 Å². The number of amides is 1. The first-order valence-electron chi connectivity index (χ1n) is 14.1. The minimum atomic E-state index is -0.834. The number of aromatic nitrogens is 1. The second-order valence-electron chi connectivity index (χ2n) is 12.1. The van der Waals surface area contributed by atoms with E-state index in [1.807, 2.05) is 88.1 Å². The van der Waals surface area contributed by atoms with Gasteiger partial charge in [0.1, 0.15) is 23.5 Å². The van der Waals surface area contributed by atoms with Gasteiger partial charge in [-0.15, -0.1) is 0 Å². The lowest BCUT2D eigenvalue weighted by atomic mass is 9.82. The summed E-state index contributed by atoms with van der Waals surface area (Å²) in [6.07, 6.45) is 11.8. The summed E-state index contributed by atoms with van der Waals surface area (Å²) in [5, 5.41) is 0. The molecule has 0 bridgehead atoms. The second kappa shape index (κ2) is 12.4. The van der Waals surface area contributed by atoms with Crippen LogP contribution >= 0.6 is 0 Å². The summed E-state index contributed by atoms with van der Waals surface area (Å²) in [6.45, 7) is 10.1. The molecule has 2 aliphatic rings. The molecule has 4 rings (SSSR count). The molecule has 1 saturated carbocycles. The quantitative estimate of drug-likeness (QED) is 0.363. The summed E-state index contributed by atoms with van der Waals surface area (Å²) >= 11 is 0. The number of nitrogens with zero attached hydrogens (tertiary/aromatic N) is 2. The van der Waals surface area contributed by atoms with Crippen LogP contribution in [0.5, 0.6) is 0 Å². The fraction of sp³-hybridized carbons (Fsp3) is 0.562. The molecular weight excluding hydrogens is 476 g/mol. The normalized spacial score (nSPS) is 23.0. The summed E-state index contributed by atoms with van der Waals surface area (Å²) < 4.78 is 19.2. The Hall–Kier alpha value is -2.70. The molecule has 38 heavy (non-hydrogen) atoms. The molecule has 0 spiro atoms. The van der Waals surface area contributed by atoms with Crippen molar-refractivity contribution in [2.75, 3.05) is 0 Å². The fourth-order valence-corrected chi connectivity index (χ4v) is 5.67. The van der Waals surface area contributed by atoms with Crippen LogP contribution in [0, 0.1) is 5.92 Å². The lowest BCUT2D eigenvalue weighted by Crippen LogP contribution is -2.51. The third-order valence-electron chi connectivity index (χ3n) is 7.36. The largest absolute Gasteiger partial charge is 0.444 e. The number of rotatable bonds is 8. The Morgan fingerprint density at radius 2 is 1.82 bits per heavy atom. The van der Waals surface area contributed by atoms with E-state index in [1.54, 1.807) is 6.20 Å². The van der Waals surface area contributed by atoms with Gasteiger partial charge in [-0.1, -0.05) is 74.6 Å². The van der Waals surface area contributed by atoms with E-state index < -0.39 is 11.3 Å². The van der Waals surface area contributed by atoms with Crippen molar-refractivity contribution in [2.45, 2.75) is 109 Å². The van der Waals surface area contributed by atoms with Gasteiger partial charge >= 0.3 is 6.09 Å². The number of pyridine rings is 1. The molecular formula is C32H44N2O4. The van der Waals surface area contributed by atoms with Crippen LogP contribution in [-0.4, -0.2) is 45.6 Å². The van der Waals surface area contributed by atoms with Gasteiger partial charge in [-0.3, -0.25) is 9.88 Å². The van der Waals surface area contributed by atoms with Gasteiger partial charge in [0, 0.05) is 6.20 Å². The van der Waals surface area contributed by atoms with Crippen LogP contribution < -0.4 is 0 Å². The molecule has 2 fully saturated rings. The number of ether oxygens (including phenoxy) is 3. The number of carbonyl (C=O) groups excluding carboxylic acids is 1. The third-order valence-corrected chi connectivity index (χ3v) is 7.36. The van der Waals surface area contributed by atoms with E-state index >= 15 is 0 Å². The molecule has 1 aromatic carbocycles. The van der Waals surface area contributed by atoms with Crippen molar-refractivity contribution in [1.82, 2.24) is 9.88 Å². The summed E-state index contributed by atoms with van der Waals surface area (Å²) in [5.74, 6) is 0.549. The van der Waals surface area contributed by atoms with Crippen LogP contribution in [0.1, 0.15) is 84.4 Å². The molecule has 0 unspecified atom stereocenters. The van der Waals surface area contributed by atoms with E-state index in [0.717, 1.165) is 17.7 Å². The fourth-order valence-electron chi connectivity index (χ4n) is 5.67. The van der Waals surface area contributed by atoms with E-state index in [1.165, 1.54) is 32.1 Å². The molecule has 206 valence electrons. The zero-order chi connectivity index (χ0) is 27.2. The Balaban J connectivity index is 1.66. The van der Waals surface area contributed by atoms with Crippen LogP contribution in [0.25, 0.3) is 6.08 Å². The monoisotopic (exact) mass is 520 g/mol. The molecule has 1 saturated heterocycles. The molecule has 0 radical (unpaired) electrons. The highest BCUT2D eigenvalue weighted by atomic mass is 16.6. The zero-order valence-electron chi connectivity index (χ0n) is 23.6. The first-order chi connectivity index (χ1) is 18.1. The molecule has 1 amide bonds. The molecule has 6 heteroatoms. The molecule has 6 nitrogen and oxygen atoms in total. The van der Waals surface area contributed by atoms with Gasteiger partial charge in [0.2, 0.25) is 0 Å². The van der Waals surface area contributed by atoms with E-state index in [4.69, 9.17) is 14.2 Å². The average molecular weight is 521 g/mol. The zero-order valence-corrected chi connectivity index (χ0v) is 23.6. The minimum Gasteiger partial charge on any atom is -0.444 e. The first-order valence-corrected chi connectivity index (χ1v) is 14.1. The number of hydrogen-bond donors (Lipinski definition) is 0. The molecule has 1 aromatic heterocycles. The van der Waals surface area contributed by atoms with E-state index in [0.29, 0.717) is 12.5 Å². The standard InChI is InChI=1S/C32H44N2O4/c1-31(2,3)38-30(35)34-27(22-24-14-8-6-9-15-24)29(37-32(34,4)5)28(20-19-26-18-12-13-21-33-26)36-23-25-16-10-7-11-17-25/h7,10-13,16-21,24,27-29H,6,8-9,14-15,22-23H2,1-5H3/t27-,28-,29+/m0/s1. The van der Waals surface area contributed by atoms with Crippen molar-refractivity contribution in [3.8, 4) is 0 Å². The van der Waals surface area contributed by atoms with Crippen molar-refractivity contribution in [3.05, 3.63) is 72.1 Å².